The molecule has 0 aliphatic heterocycles. The molecule has 0 heterocycles. The molecule has 0 aromatic heterocycles. The van der Waals surface area contributed by atoms with E-state index in [0.717, 1.165) is 18.4 Å². The number of hydrogen-bond donors (Lipinski definition) is 1. The van der Waals surface area contributed by atoms with Crippen LogP contribution in [0, 0.1) is 5.41 Å². The third kappa shape index (κ3) is 4.80. The first kappa shape index (κ1) is 19.2. The Morgan fingerprint density at radius 1 is 1.22 bits per heavy atom. The third-order valence-electron chi connectivity index (χ3n) is 4.46. The Morgan fingerprint density at radius 2 is 1.78 bits per heavy atom. The van der Waals surface area contributed by atoms with Gasteiger partial charge in [-0.25, -0.2) is 0 Å². The molecule has 1 rings (SSSR count). The molecule has 0 saturated heterocycles. The molecule has 0 spiro atoms. The Hall–Kier alpha value is -1.87. The molecule has 0 saturated carbocycles. The van der Waals surface area contributed by atoms with Crippen LogP contribution in [0.25, 0.3) is 0 Å². The zero-order chi connectivity index (χ0) is 17.7. The highest BCUT2D eigenvalue weighted by molar-refractivity contribution is 5.69. The second-order valence-corrected chi connectivity index (χ2v) is 6.63. The smallest absolute Gasteiger partial charge is 0.308 e. The first-order valence-corrected chi connectivity index (χ1v) is 7.90. The number of benzene rings is 1. The second kappa shape index (κ2) is 7.60. The molecule has 0 aliphatic rings. The summed E-state index contributed by atoms with van der Waals surface area (Å²) in [6.07, 6.45) is 5.67. The summed E-state index contributed by atoms with van der Waals surface area (Å²) in [5, 5.41) is 11.1. The maximum atomic E-state index is 11.1. The maximum absolute atomic E-state index is 11.1. The SMILES string of the molecule is C=C[C@@](C)(CCC=C(C)C)[C@](C)(O)c1ccc(OC(C)=O)cc1. The summed E-state index contributed by atoms with van der Waals surface area (Å²) in [4.78, 5) is 11.0. The first-order valence-electron chi connectivity index (χ1n) is 7.90. The molecular formula is C20H28O3. The van der Waals surface area contributed by atoms with Crippen LogP contribution in [0.5, 0.6) is 5.75 Å². The molecule has 1 aromatic carbocycles. The van der Waals surface area contributed by atoms with Crippen molar-refractivity contribution in [2.24, 2.45) is 5.41 Å². The number of allylic oxidation sites excluding steroid dienone is 2. The van der Waals surface area contributed by atoms with Gasteiger partial charge in [0.15, 0.2) is 0 Å². The van der Waals surface area contributed by atoms with E-state index in [4.69, 9.17) is 4.74 Å². The minimum absolute atomic E-state index is 0.359. The van der Waals surface area contributed by atoms with Crippen LogP contribution >= 0.6 is 0 Å². The molecule has 0 amide bonds. The zero-order valence-corrected chi connectivity index (χ0v) is 14.8. The Balaban J connectivity index is 3.03. The van der Waals surface area contributed by atoms with Gasteiger partial charge in [0.25, 0.3) is 0 Å². The number of ether oxygens (including phenoxy) is 1. The van der Waals surface area contributed by atoms with Gasteiger partial charge in [-0.3, -0.25) is 4.79 Å². The topological polar surface area (TPSA) is 46.5 Å². The monoisotopic (exact) mass is 316 g/mol. The molecule has 0 radical (unpaired) electrons. The zero-order valence-electron chi connectivity index (χ0n) is 14.8. The van der Waals surface area contributed by atoms with Crippen LogP contribution in [0.15, 0.2) is 48.6 Å². The van der Waals surface area contributed by atoms with E-state index < -0.39 is 11.0 Å². The Kier molecular flexibility index (Phi) is 6.34. The molecule has 1 N–H and O–H groups in total. The molecule has 0 aliphatic carbocycles. The lowest BCUT2D eigenvalue weighted by atomic mass is 9.68. The lowest BCUT2D eigenvalue weighted by molar-refractivity contribution is -0.131. The van der Waals surface area contributed by atoms with Crippen LogP contribution in [-0.2, 0) is 10.4 Å². The highest BCUT2D eigenvalue weighted by atomic mass is 16.5. The summed E-state index contributed by atoms with van der Waals surface area (Å²) in [5.74, 6) is 0.115. The van der Waals surface area contributed by atoms with Crippen molar-refractivity contribution in [2.75, 3.05) is 0 Å². The highest BCUT2D eigenvalue weighted by Gasteiger charge is 2.41. The van der Waals surface area contributed by atoms with Crippen LogP contribution in [-0.4, -0.2) is 11.1 Å². The fourth-order valence-electron chi connectivity index (χ4n) is 2.55. The van der Waals surface area contributed by atoms with Crippen LogP contribution in [0.3, 0.4) is 0 Å². The van der Waals surface area contributed by atoms with Gasteiger partial charge in [-0.2, -0.15) is 0 Å². The molecule has 3 heteroatoms. The summed E-state index contributed by atoms with van der Waals surface area (Å²) in [5.41, 5.74) is 0.496. The quantitative estimate of drug-likeness (QED) is 0.448. The summed E-state index contributed by atoms with van der Waals surface area (Å²) in [6, 6.07) is 6.98. The Labute approximate surface area is 139 Å². The van der Waals surface area contributed by atoms with Gasteiger partial charge in [-0.1, -0.05) is 36.8 Å². The van der Waals surface area contributed by atoms with Crippen LogP contribution in [0.2, 0.25) is 0 Å². The number of carbonyl (C=O) groups excluding carboxylic acids is 1. The summed E-state index contributed by atoms with van der Waals surface area (Å²) in [7, 11) is 0. The van der Waals surface area contributed by atoms with E-state index in [9.17, 15) is 9.90 Å². The second-order valence-electron chi connectivity index (χ2n) is 6.63. The van der Waals surface area contributed by atoms with E-state index in [1.807, 2.05) is 13.0 Å². The van der Waals surface area contributed by atoms with Gasteiger partial charge in [0, 0.05) is 12.3 Å². The van der Waals surface area contributed by atoms with E-state index >= 15 is 0 Å². The van der Waals surface area contributed by atoms with Crippen molar-refractivity contribution in [3.8, 4) is 5.75 Å². The number of hydrogen-bond acceptors (Lipinski definition) is 3. The highest BCUT2D eigenvalue weighted by Crippen LogP contribution is 2.44. The largest absolute Gasteiger partial charge is 0.427 e. The molecule has 1 aromatic rings. The number of carbonyl (C=O) groups is 1. The Bertz CT molecular complexity index is 577. The summed E-state index contributed by atoms with van der Waals surface area (Å²) < 4.78 is 5.04. The van der Waals surface area contributed by atoms with Crippen molar-refractivity contribution >= 4 is 5.97 Å². The van der Waals surface area contributed by atoms with Crippen LogP contribution < -0.4 is 4.74 Å². The average Bonchev–Trinajstić information content (AvgIpc) is 2.46. The lowest BCUT2D eigenvalue weighted by Gasteiger charge is -2.41. The Morgan fingerprint density at radius 3 is 2.22 bits per heavy atom. The standard InChI is InChI=1S/C20H28O3/c1-7-19(5,14-8-9-15(2)3)20(6,22)17-10-12-18(13-11-17)23-16(4)21/h7,9-13,22H,1,8,14H2,2-6H3/t19-,20+/m0/s1. The fourth-order valence-corrected chi connectivity index (χ4v) is 2.55. The molecule has 3 nitrogen and oxygen atoms in total. The maximum Gasteiger partial charge on any atom is 0.308 e. The van der Waals surface area contributed by atoms with Gasteiger partial charge in [0.1, 0.15) is 5.75 Å². The molecule has 0 fully saturated rings. The van der Waals surface area contributed by atoms with Gasteiger partial charge < -0.3 is 9.84 Å². The fraction of sp³-hybridized carbons (Fsp3) is 0.450. The van der Waals surface area contributed by atoms with Crippen molar-refractivity contribution in [2.45, 2.75) is 53.1 Å². The number of esters is 1. The molecule has 126 valence electrons. The van der Waals surface area contributed by atoms with E-state index in [1.54, 1.807) is 31.2 Å². The minimum Gasteiger partial charge on any atom is -0.427 e. The van der Waals surface area contributed by atoms with Crippen molar-refractivity contribution in [1.82, 2.24) is 0 Å². The van der Waals surface area contributed by atoms with E-state index in [1.165, 1.54) is 12.5 Å². The first-order chi connectivity index (χ1) is 10.6. The van der Waals surface area contributed by atoms with E-state index in [2.05, 4.69) is 26.5 Å². The van der Waals surface area contributed by atoms with Crippen molar-refractivity contribution < 1.29 is 14.6 Å². The van der Waals surface area contributed by atoms with Crippen molar-refractivity contribution in [3.05, 3.63) is 54.1 Å². The van der Waals surface area contributed by atoms with Crippen molar-refractivity contribution in [3.63, 3.8) is 0 Å². The van der Waals surface area contributed by atoms with E-state index in [-0.39, 0.29) is 5.97 Å². The predicted molar refractivity (Wildman–Crippen MR) is 94.3 cm³/mol. The molecule has 23 heavy (non-hydrogen) atoms. The number of aliphatic hydroxyl groups is 1. The molecule has 0 bridgehead atoms. The van der Waals surface area contributed by atoms with Crippen molar-refractivity contribution in [1.29, 1.82) is 0 Å². The minimum atomic E-state index is -1.07. The number of rotatable bonds is 7. The van der Waals surface area contributed by atoms with Gasteiger partial charge in [-0.15, -0.1) is 6.58 Å². The van der Waals surface area contributed by atoms with Gasteiger partial charge in [-0.05, 0) is 51.3 Å². The summed E-state index contributed by atoms with van der Waals surface area (Å²) >= 11 is 0. The average molecular weight is 316 g/mol. The third-order valence-corrected chi connectivity index (χ3v) is 4.46. The lowest BCUT2D eigenvalue weighted by Crippen LogP contribution is -2.40. The van der Waals surface area contributed by atoms with Gasteiger partial charge in [0.2, 0.25) is 0 Å². The van der Waals surface area contributed by atoms with Gasteiger partial charge >= 0.3 is 5.97 Å². The summed E-state index contributed by atoms with van der Waals surface area (Å²) in [6.45, 7) is 13.2. The molecule has 2 atom stereocenters. The predicted octanol–water partition coefficient (Wildman–Crippen LogP) is 4.76. The normalized spacial score (nSPS) is 15.9. The van der Waals surface area contributed by atoms with Crippen LogP contribution in [0.1, 0.15) is 53.0 Å². The molecular weight excluding hydrogens is 288 g/mol. The van der Waals surface area contributed by atoms with Gasteiger partial charge in [0.05, 0.1) is 5.60 Å². The van der Waals surface area contributed by atoms with Crippen LogP contribution in [0.4, 0.5) is 0 Å². The van der Waals surface area contributed by atoms with E-state index in [0.29, 0.717) is 5.75 Å². The molecule has 0 unspecified atom stereocenters.